The summed E-state index contributed by atoms with van der Waals surface area (Å²) in [6.07, 6.45) is 0.793. The molecule has 0 aliphatic carbocycles. The van der Waals surface area contributed by atoms with Gasteiger partial charge in [0, 0.05) is 0 Å². The number of aryl methyl sites for hydroxylation is 1. The molecule has 3 aromatic carbocycles. The SMILES string of the molecule is NC(=O)C(CCc1ccccc1)C(=O)C(Cc1ccccc1)NS(=O)(=O)c1ccccc1. The Hall–Kier alpha value is -3.29. The number of benzene rings is 3. The van der Waals surface area contributed by atoms with E-state index < -0.39 is 33.7 Å². The van der Waals surface area contributed by atoms with Gasteiger partial charge in [-0.25, -0.2) is 13.1 Å². The van der Waals surface area contributed by atoms with Gasteiger partial charge < -0.3 is 5.73 Å². The van der Waals surface area contributed by atoms with Crippen molar-refractivity contribution >= 4 is 21.7 Å². The molecule has 0 spiro atoms. The Bertz CT molecular complexity index is 1130. The normalized spacial score (nSPS) is 13.2. The quantitative estimate of drug-likeness (QED) is 0.438. The summed E-state index contributed by atoms with van der Waals surface area (Å²) in [6, 6.07) is 25.2. The second-order valence-electron chi connectivity index (χ2n) is 7.56. The van der Waals surface area contributed by atoms with E-state index in [1.54, 1.807) is 30.3 Å². The van der Waals surface area contributed by atoms with Crippen LogP contribution in [0, 0.1) is 5.92 Å². The summed E-state index contributed by atoms with van der Waals surface area (Å²) in [5.41, 5.74) is 7.31. The molecule has 2 unspecified atom stereocenters. The van der Waals surface area contributed by atoms with Crippen molar-refractivity contribution in [1.29, 1.82) is 0 Å². The van der Waals surface area contributed by atoms with Gasteiger partial charge in [-0.3, -0.25) is 9.59 Å². The van der Waals surface area contributed by atoms with Crippen LogP contribution in [0.5, 0.6) is 0 Å². The molecule has 0 radical (unpaired) electrons. The van der Waals surface area contributed by atoms with E-state index >= 15 is 0 Å². The molecule has 32 heavy (non-hydrogen) atoms. The minimum Gasteiger partial charge on any atom is -0.369 e. The minimum absolute atomic E-state index is 0.0470. The Morgan fingerprint density at radius 3 is 1.81 bits per heavy atom. The first-order chi connectivity index (χ1) is 15.4. The summed E-state index contributed by atoms with van der Waals surface area (Å²) >= 11 is 0. The Kier molecular flexibility index (Phi) is 7.92. The molecular formula is C25H26N2O4S. The third-order valence-electron chi connectivity index (χ3n) is 5.23. The van der Waals surface area contributed by atoms with Crippen LogP contribution in [0.1, 0.15) is 17.5 Å². The van der Waals surface area contributed by atoms with E-state index in [1.165, 1.54) is 12.1 Å². The Morgan fingerprint density at radius 2 is 1.28 bits per heavy atom. The summed E-state index contributed by atoms with van der Waals surface area (Å²) in [5, 5.41) is 0. The lowest BCUT2D eigenvalue weighted by Gasteiger charge is -2.22. The summed E-state index contributed by atoms with van der Waals surface area (Å²) in [7, 11) is -3.97. The minimum atomic E-state index is -3.97. The van der Waals surface area contributed by atoms with E-state index in [-0.39, 0.29) is 17.7 Å². The first-order valence-electron chi connectivity index (χ1n) is 10.3. The van der Waals surface area contributed by atoms with Gasteiger partial charge in [0.05, 0.1) is 16.9 Å². The highest BCUT2D eigenvalue weighted by molar-refractivity contribution is 7.89. The first kappa shape index (κ1) is 23.4. The summed E-state index contributed by atoms with van der Waals surface area (Å²) in [6.45, 7) is 0. The summed E-state index contributed by atoms with van der Waals surface area (Å²) in [5.74, 6) is -2.40. The molecule has 7 heteroatoms. The highest BCUT2D eigenvalue weighted by Gasteiger charge is 2.33. The topological polar surface area (TPSA) is 106 Å². The summed E-state index contributed by atoms with van der Waals surface area (Å²) < 4.78 is 28.4. The van der Waals surface area contributed by atoms with Crippen LogP contribution < -0.4 is 10.5 Å². The standard InChI is InChI=1S/C25H26N2O4S/c26-25(29)22(17-16-19-10-4-1-5-11-19)24(28)23(18-20-12-6-2-7-13-20)27-32(30,31)21-14-8-3-9-15-21/h1-15,22-23,27H,16-18H2,(H2,26,29). The molecule has 0 aliphatic rings. The smallest absolute Gasteiger partial charge is 0.241 e. The van der Waals surface area contributed by atoms with E-state index in [1.807, 2.05) is 48.5 Å². The number of hydrogen-bond donors (Lipinski definition) is 2. The second-order valence-corrected chi connectivity index (χ2v) is 9.27. The van der Waals surface area contributed by atoms with Crippen LogP contribution in [0.4, 0.5) is 0 Å². The van der Waals surface area contributed by atoms with Crippen LogP contribution in [0.3, 0.4) is 0 Å². The molecule has 6 nitrogen and oxygen atoms in total. The fourth-order valence-electron chi connectivity index (χ4n) is 3.53. The number of carbonyl (C=O) groups is 2. The maximum Gasteiger partial charge on any atom is 0.241 e. The lowest BCUT2D eigenvalue weighted by atomic mass is 9.89. The number of nitrogens with one attached hydrogen (secondary N) is 1. The van der Waals surface area contributed by atoms with Crippen molar-refractivity contribution in [3.8, 4) is 0 Å². The van der Waals surface area contributed by atoms with Crippen LogP contribution in [0.2, 0.25) is 0 Å². The van der Waals surface area contributed by atoms with Gasteiger partial charge in [0.15, 0.2) is 5.78 Å². The van der Waals surface area contributed by atoms with E-state index in [0.29, 0.717) is 6.42 Å². The van der Waals surface area contributed by atoms with Gasteiger partial charge in [-0.15, -0.1) is 0 Å². The molecule has 1 amide bonds. The van der Waals surface area contributed by atoms with Gasteiger partial charge >= 0.3 is 0 Å². The highest BCUT2D eigenvalue weighted by atomic mass is 32.2. The molecule has 3 N–H and O–H groups in total. The number of ketones is 1. The average Bonchev–Trinajstić information content (AvgIpc) is 2.80. The zero-order valence-corrected chi connectivity index (χ0v) is 18.4. The van der Waals surface area contributed by atoms with Gasteiger partial charge in [-0.2, -0.15) is 0 Å². The molecule has 0 saturated heterocycles. The van der Waals surface area contributed by atoms with Gasteiger partial charge in [-0.05, 0) is 42.5 Å². The van der Waals surface area contributed by atoms with Crippen LogP contribution >= 0.6 is 0 Å². The molecule has 0 aliphatic heterocycles. The maximum atomic E-state index is 13.4. The zero-order valence-electron chi connectivity index (χ0n) is 17.6. The number of nitrogens with two attached hydrogens (primary N) is 1. The third kappa shape index (κ3) is 6.35. The predicted molar refractivity (Wildman–Crippen MR) is 123 cm³/mol. The number of primary amides is 1. The molecule has 0 saturated carbocycles. The third-order valence-corrected chi connectivity index (χ3v) is 6.72. The predicted octanol–water partition coefficient (Wildman–Crippen LogP) is 2.88. The Balaban J connectivity index is 1.86. The molecule has 0 aromatic heterocycles. The number of carbonyl (C=O) groups excluding carboxylic acids is 2. The fourth-order valence-corrected chi connectivity index (χ4v) is 4.75. The van der Waals surface area contributed by atoms with Crippen molar-refractivity contribution in [3.63, 3.8) is 0 Å². The number of sulfonamides is 1. The van der Waals surface area contributed by atoms with Crippen LogP contribution in [-0.4, -0.2) is 26.2 Å². The average molecular weight is 451 g/mol. The lowest BCUT2D eigenvalue weighted by Crippen LogP contribution is -2.47. The maximum absolute atomic E-state index is 13.4. The van der Waals surface area contributed by atoms with Crippen molar-refractivity contribution in [3.05, 3.63) is 102 Å². The van der Waals surface area contributed by atoms with Crippen molar-refractivity contribution in [1.82, 2.24) is 4.72 Å². The Labute approximate surface area is 188 Å². The van der Waals surface area contributed by atoms with Crippen LogP contribution in [-0.2, 0) is 32.5 Å². The molecule has 0 bridgehead atoms. The summed E-state index contributed by atoms with van der Waals surface area (Å²) in [4.78, 5) is 25.6. The fraction of sp³-hybridized carbons (Fsp3) is 0.200. The second kappa shape index (κ2) is 10.8. The number of amides is 1. The molecule has 0 fully saturated rings. The monoisotopic (exact) mass is 450 g/mol. The van der Waals surface area contributed by atoms with E-state index in [2.05, 4.69) is 4.72 Å². The number of Topliss-reactive ketones (excluding diaryl/α,β-unsaturated/α-hetero) is 1. The lowest BCUT2D eigenvalue weighted by molar-refractivity contribution is -0.133. The number of hydrogen-bond acceptors (Lipinski definition) is 4. The van der Waals surface area contributed by atoms with Gasteiger partial charge in [0.2, 0.25) is 15.9 Å². The first-order valence-corrected chi connectivity index (χ1v) is 11.8. The van der Waals surface area contributed by atoms with E-state index in [4.69, 9.17) is 5.73 Å². The number of rotatable bonds is 11. The van der Waals surface area contributed by atoms with Crippen molar-refractivity contribution < 1.29 is 18.0 Å². The molecule has 0 heterocycles. The molecule has 3 rings (SSSR count). The van der Waals surface area contributed by atoms with E-state index in [9.17, 15) is 18.0 Å². The molecule has 166 valence electrons. The van der Waals surface area contributed by atoms with Gasteiger partial charge in [0.25, 0.3) is 0 Å². The van der Waals surface area contributed by atoms with E-state index in [0.717, 1.165) is 11.1 Å². The largest absolute Gasteiger partial charge is 0.369 e. The molecule has 3 aromatic rings. The molecular weight excluding hydrogens is 424 g/mol. The van der Waals surface area contributed by atoms with Gasteiger partial charge in [-0.1, -0.05) is 78.9 Å². The van der Waals surface area contributed by atoms with Crippen LogP contribution in [0.15, 0.2) is 95.9 Å². The van der Waals surface area contributed by atoms with Crippen molar-refractivity contribution in [2.45, 2.75) is 30.2 Å². The van der Waals surface area contributed by atoms with Crippen molar-refractivity contribution in [2.24, 2.45) is 11.7 Å². The highest BCUT2D eigenvalue weighted by Crippen LogP contribution is 2.17. The molecule has 2 atom stereocenters. The van der Waals surface area contributed by atoms with Crippen LogP contribution in [0.25, 0.3) is 0 Å². The van der Waals surface area contributed by atoms with Crippen molar-refractivity contribution in [2.75, 3.05) is 0 Å². The zero-order chi connectivity index (χ0) is 23.0. The Morgan fingerprint density at radius 1 is 0.781 bits per heavy atom. The van der Waals surface area contributed by atoms with Gasteiger partial charge in [0.1, 0.15) is 0 Å².